The number of rotatable bonds is 7. The van der Waals surface area contributed by atoms with E-state index in [0.717, 1.165) is 11.8 Å². The van der Waals surface area contributed by atoms with Crippen molar-refractivity contribution in [2.24, 2.45) is 0 Å². The van der Waals surface area contributed by atoms with Gasteiger partial charge < -0.3 is 5.32 Å². The van der Waals surface area contributed by atoms with E-state index in [2.05, 4.69) is 55.2 Å². The minimum absolute atomic E-state index is 0.679. The summed E-state index contributed by atoms with van der Waals surface area (Å²) in [6, 6.07) is 9.56. The van der Waals surface area contributed by atoms with Crippen LogP contribution in [0, 0.1) is 0 Å². The first-order valence-corrected chi connectivity index (χ1v) is 8.15. The monoisotopic (exact) mass is 263 g/mol. The number of thioether (sulfide) groups is 1. The molecular formula is C16H25NS. The van der Waals surface area contributed by atoms with Gasteiger partial charge in [0.15, 0.2) is 0 Å². The van der Waals surface area contributed by atoms with Crippen LogP contribution in [0.5, 0.6) is 0 Å². The molecule has 1 aliphatic rings. The van der Waals surface area contributed by atoms with Gasteiger partial charge in [-0.1, -0.05) is 31.5 Å². The Balaban J connectivity index is 1.65. The third-order valence-corrected chi connectivity index (χ3v) is 5.01. The zero-order chi connectivity index (χ0) is 12.8. The smallest absolute Gasteiger partial charge is 0.0135 e. The van der Waals surface area contributed by atoms with E-state index in [-0.39, 0.29) is 0 Å². The summed E-state index contributed by atoms with van der Waals surface area (Å²) in [5, 5.41) is 4.39. The molecule has 0 aromatic heterocycles. The SMILES string of the molecule is CCCNC(C)CCCC1Cc2ccccc2S1. The lowest BCUT2D eigenvalue weighted by Gasteiger charge is -2.14. The normalized spacial score (nSPS) is 19.8. The molecule has 1 aromatic carbocycles. The van der Waals surface area contributed by atoms with Crippen LogP contribution < -0.4 is 5.32 Å². The second-order valence-electron chi connectivity index (χ2n) is 5.34. The fourth-order valence-electron chi connectivity index (χ4n) is 2.56. The van der Waals surface area contributed by atoms with Gasteiger partial charge in [-0.05, 0) is 50.8 Å². The van der Waals surface area contributed by atoms with E-state index < -0.39 is 0 Å². The van der Waals surface area contributed by atoms with Crippen LogP contribution in [-0.4, -0.2) is 17.8 Å². The molecule has 0 saturated carbocycles. The van der Waals surface area contributed by atoms with E-state index in [1.165, 1.54) is 37.0 Å². The zero-order valence-corrected chi connectivity index (χ0v) is 12.4. The molecule has 1 aromatic rings. The molecule has 2 atom stereocenters. The van der Waals surface area contributed by atoms with Crippen molar-refractivity contribution in [3.05, 3.63) is 29.8 Å². The van der Waals surface area contributed by atoms with Crippen LogP contribution in [0.1, 0.15) is 45.1 Å². The van der Waals surface area contributed by atoms with Crippen molar-refractivity contribution >= 4 is 11.8 Å². The van der Waals surface area contributed by atoms with Gasteiger partial charge in [0, 0.05) is 16.2 Å². The molecule has 100 valence electrons. The minimum atomic E-state index is 0.679. The third-order valence-electron chi connectivity index (χ3n) is 3.62. The highest BCUT2D eigenvalue weighted by atomic mass is 32.2. The fourth-order valence-corrected chi connectivity index (χ4v) is 3.93. The Morgan fingerprint density at radius 2 is 2.22 bits per heavy atom. The van der Waals surface area contributed by atoms with Gasteiger partial charge in [0.25, 0.3) is 0 Å². The second-order valence-corrected chi connectivity index (χ2v) is 6.68. The molecule has 1 heterocycles. The van der Waals surface area contributed by atoms with Gasteiger partial charge in [0.2, 0.25) is 0 Å². The van der Waals surface area contributed by atoms with Crippen LogP contribution in [0.15, 0.2) is 29.2 Å². The number of nitrogens with one attached hydrogen (secondary N) is 1. The first-order chi connectivity index (χ1) is 8.79. The van der Waals surface area contributed by atoms with Crippen molar-refractivity contribution in [2.75, 3.05) is 6.54 Å². The van der Waals surface area contributed by atoms with Crippen molar-refractivity contribution in [2.45, 2.75) is 62.1 Å². The highest BCUT2D eigenvalue weighted by Gasteiger charge is 2.21. The first-order valence-electron chi connectivity index (χ1n) is 7.27. The van der Waals surface area contributed by atoms with E-state index in [0.29, 0.717) is 6.04 Å². The Morgan fingerprint density at radius 3 is 3.00 bits per heavy atom. The molecule has 0 spiro atoms. The van der Waals surface area contributed by atoms with Crippen LogP contribution in [0.4, 0.5) is 0 Å². The van der Waals surface area contributed by atoms with E-state index in [4.69, 9.17) is 0 Å². The molecular weight excluding hydrogens is 238 g/mol. The number of hydrogen-bond acceptors (Lipinski definition) is 2. The Bertz CT molecular complexity index is 339. The van der Waals surface area contributed by atoms with Crippen molar-refractivity contribution < 1.29 is 0 Å². The quantitative estimate of drug-likeness (QED) is 0.789. The average molecular weight is 263 g/mol. The summed E-state index contributed by atoms with van der Waals surface area (Å²) in [6.07, 6.45) is 6.53. The Labute approximate surface area is 116 Å². The van der Waals surface area contributed by atoms with Gasteiger partial charge in [0.05, 0.1) is 0 Å². The lowest BCUT2D eigenvalue weighted by molar-refractivity contribution is 0.487. The first kappa shape index (κ1) is 14.0. The Hall–Kier alpha value is -0.470. The van der Waals surface area contributed by atoms with Gasteiger partial charge in [-0.25, -0.2) is 0 Å². The van der Waals surface area contributed by atoms with Gasteiger partial charge >= 0.3 is 0 Å². The van der Waals surface area contributed by atoms with E-state index in [9.17, 15) is 0 Å². The standard InChI is InChI=1S/C16H25NS/c1-3-11-17-13(2)7-6-9-15-12-14-8-4-5-10-16(14)18-15/h4-5,8,10,13,15,17H,3,6-7,9,11-12H2,1-2H3. The maximum absolute atomic E-state index is 3.57. The van der Waals surface area contributed by atoms with E-state index >= 15 is 0 Å². The van der Waals surface area contributed by atoms with Crippen molar-refractivity contribution in [1.82, 2.24) is 5.32 Å². The largest absolute Gasteiger partial charge is 0.314 e. The van der Waals surface area contributed by atoms with E-state index in [1.807, 2.05) is 0 Å². The summed E-state index contributed by atoms with van der Waals surface area (Å²) in [7, 11) is 0. The Morgan fingerprint density at radius 1 is 1.39 bits per heavy atom. The predicted molar refractivity (Wildman–Crippen MR) is 81.4 cm³/mol. The predicted octanol–water partition coefficient (Wildman–Crippen LogP) is 4.26. The number of hydrogen-bond donors (Lipinski definition) is 1. The molecule has 1 N–H and O–H groups in total. The van der Waals surface area contributed by atoms with Crippen molar-refractivity contribution in [3.63, 3.8) is 0 Å². The van der Waals surface area contributed by atoms with Gasteiger partial charge in [-0.3, -0.25) is 0 Å². The molecule has 18 heavy (non-hydrogen) atoms. The van der Waals surface area contributed by atoms with Gasteiger partial charge in [0.1, 0.15) is 0 Å². The zero-order valence-electron chi connectivity index (χ0n) is 11.6. The third kappa shape index (κ3) is 4.03. The van der Waals surface area contributed by atoms with Crippen molar-refractivity contribution in [3.8, 4) is 0 Å². The summed E-state index contributed by atoms with van der Waals surface area (Å²) in [4.78, 5) is 1.51. The lowest BCUT2D eigenvalue weighted by Crippen LogP contribution is -2.26. The summed E-state index contributed by atoms with van der Waals surface area (Å²) >= 11 is 2.09. The average Bonchev–Trinajstić information content (AvgIpc) is 2.79. The van der Waals surface area contributed by atoms with Crippen LogP contribution in [0.3, 0.4) is 0 Å². The fraction of sp³-hybridized carbons (Fsp3) is 0.625. The molecule has 0 radical (unpaired) electrons. The summed E-state index contributed by atoms with van der Waals surface area (Å²) in [6.45, 7) is 5.70. The van der Waals surface area contributed by atoms with Crippen LogP contribution in [0.2, 0.25) is 0 Å². The molecule has 0 saturated heterocycles. The van der Waals surface area contributed by atoms with Gasteiger partial charge in [-0.2, -0.15) is 0 Å². The Kier molecular flexibility index (Phi) is 5.58. The molecule has 2 rings (SSSR count). The van der Waals surface area contributed by atoms with Crippen LogP contribution >= 0.6 is 11.8 Å². The summed E-state index contributed by atoms with van der Waals surface area (Å²) in [5.74, 6) is 0. The van der Waals surface area contributed by atoms with Crippen LogP contribution in [0.25, 0.3) is 0 Å². The molecule has 2 unspecified atom stereocenters. The molecule has 2 heteroatoms. The molecule has 1 nitrogen and oxygen atoms in total. The maximum Gasteiger partial charge on any atom is 0.0135 e. The minimum Gasteiger partial charge on any atom is -0.314 e. The highest BCUT2D eigenvalue weighted by molar-refractivity contribution is 8.00. The summed E-state index contributed by atoms with van der Waals surface area (Å²) in [5.41, 5.74) is 1.56. The molecule has 0 fully saturated rings. The van der Waals surface area contributed by atoms with E-state index in [1.54, 1.807) is 5.56 Å². The summed E-state index contributed by atoms with van der Waals surface area (Å²) < 4.78 is 0. The molecule has 0 bridgehead atoms. The molecule has 0 aliphatic carbocycles. The van der Waals surface area contributed by atoms with Crippen molar-refractivity contribution in [1.29, 1.82) is 0 Å². The maximum atomic E-state index is 3.57. The van der Waals surface area contributed by atoms with Crippen LogP contribution in [-0.2, 0) is 6.42 Å². The molecule has 1 aliphatic heterocycles. The molecule has 0 amide bonds. The highest BCUT2D eigenvalue weighted by Crippen LogP contribution is 2.38. The number of benzene rings is 1. The lowest BCUT2D eigenvalue weighted by atomic mass is 10.0. The number of fused-ring (bicyclic) bond motifs is 1. The second kappa shape index (κ2) is 7.20. The topological polar surface area (TPSA) is 12.0 Å². The van der Waals surface area contributed by atoms with Gasteiger partial charge in [-0.15, -0.1) is 11.8 Å².